The van der Waals surface area contributed by atoms with Crippen LogP contribution in [0.5, 0.6) is 0 Å². The topological polar surface area (TPSA) is 52.3 Å². The Hall–Kier alpha value is -1.06. The number of hydrogen-bond donors (Lipinski definition) is 1. The highest BCUT2D eigenvalue weighted by Crippen LogP contribution is 2.22. The lowest BCUT2D eigenvalue weighted by Crippen LogP contribution is -2.26. The van der Waals surface area contributed by atoms with Crippen LogP contribution in [0.25, 0.3) is 0 Å². The average molecular weight is 270 g/mol. The van der Waals surface area contributed by atoms with Crippen molar-refractivity contribution in [3.8, 4) is 0 Å². The molecule has 18 heavy (non-hydrogen) atoms. The molecule has 1 aromatic rings. The molecule has 0 fully saturated rings. The fourth-order valence-electron chi connectivity index (χ4n) is 1.66. The van der Waals surface area contributed by atoms with Gasteiger partial charge in [0.1, 0.15) is 5.60 Å². The van der Waals surface area contributed by atoms with Crippen molar-refractivity contribution in [2.75, 3.05) is 6.54 Å². The first-order valence-corrected chi connectivity index (χ1v) is 6.37. The Balaban J connectivity index is 2.68. The number of nitrogens with two attached hydrogens (primary N) is 1. The third-order valence-electron chi connectivity index (χ3n) is 2.46. The molecule has 0 aliphatic rings. The van der Waals surface area contributed by atoms with Crippen LogP contribution in [0, 0.1) is 0 Å². The van der Waals surface area contributed by atoms with E-state index in [1.165, 1.54) is 0 Å². The number of ether oxygens (including phenoxy) is 1. The third kappa shape index (κ3) is 5.07. The molecule has 0 saturated carbocycles. The largest absolute Gasteiger partial charge is 0.460 e. The summed E-state index contributed by atoms with van der Waals surface area (Å²) in [6.07, 6.45) is 0.287. The standard InChI is InChI=1S/C14H20ClNO2/c1-14(2,3)18-13(17)8-11(9-16)10-4-6-12(15)7-5-10/h4-7,11H,8-9,16H2,1-3H3. The minimum atomic E-state index is -0.462. The van der Waals surface area contributed by atoms with Gasteiger partial charge in [0, 0.05) is 10.9 Å². The van der Waals surface area contributed by atoms with Crippen LogP contribution >= 0.6 is 11.6 Å². The van der Waals surface area contributed by atoms with Crippen LogP contribution in [0.4, 0.5) is 0 Å². The van der Waals surface area contributed by atoms with Crippen molar-refractivity contribution in [2.45, 2.75) is 38.7 Å². The average Bonchev–Trinajstić information content (AvgIpc) is 2.25. The summed E-state index contributed by atoms with van der Waals surface area (Å²) in [5.41, 5.74) is 6.26. The normalized spacial score (nSPS) is 13.2. The van der Waals surface area contributed by atoms with E-state index in [2.05, 4.69) is 0 Å². The van der Waals surface area contributed by atoms with E-state index in [4.69, 9.17) is 22.1 Å². The third-order valence-corrected chi connectivity index (χ3v) is 2.71. The van der Waals surface area contributed by atoms with Crippen LogP contribution in [0.2, 0.25) is 5.02 Å². The van der Waals surface area contributed by atoms with Crippen molar-refractivity contribution in [1.82, 2.24) is 0 Å². The van der Waals surface area contributed by atoms with Gasteiger partial charge in [-0.3, -0.25) is 4.79 Å². The van der Waals surface area contributed by atoms with E-state index in [0.717, 1.165) is 5.56 Å². The van der Waals surface area contributed by atoms with Crippen LogP contribution < -0.4 is 5.73 Å². The Morgan fingerprint density at radius 2 is 1.89 bits per heavy atom. The molecule has 0 radical (unpaired) electrons. The van der Waals surface area contributed by atoms with Crippen LogP contribution in [0.15, 0.2) is 24.3 Å². The second kappa shape index (κ2) is 6.21. The van der Waals surface area contributed by atoms with Gasteiger partial charge >= 0.3 is 5.97 Å². The van der Waals surface area contributed by atoms with Crippen LogP contribution in [-0.2, 0) is 9.53 Å². The number of rotatable bonds is 4. The molecule has 1 unspecified atom stereocenters. The molecule has 1 rings (SSSR count). The Morgan fingerprint density at radius 1 is 1.33 bits per heavy atom. The van der Waals surface area contributed by atoms with E-state index in [9.17, 15) is 4.79 Å². The second-order valence-corrected chi connectivity index (χ2v) is 5.71. The Kier molecular flexibility index (Phi) is 5.17. The van der Waals surface area contributed by atoms with E-state index in [0.29, 0.717) is 11.6 Å². The minimum Gasteiger partial charge on any atom is -0.460 e. The molecule has 0 spiro atoms. The van der Waals surface area contributed by atoms with Crippen molar-refractivity contribution >= 4 is 17.6 Å². The summed E-state index contributed by atoms with van der Waals surface area (Å²) in [7, 11) is 0. The van der Waals surface area contributed by atoms with Gasteiger partial charge in [0.05, 0.1) is 6.42 Å². The van der Waals surface area contributed by atoms with Gasteiger partial charge in [-0.25, -0.2) is 0 Å². The lowest BCUT2D eigenvalue weighted by molar-refractivity contribution is -0.155. The molecule has 3 nitrogen and oxygen atoms in total. The zero-order valence-electron chi connectivity index (χ0n) is 11.1. The number of carbonyl (C=O) groups excluding carboxylic acids is 1. The second-order valence-electron chi connectivity index (χ2n) is 5.27. The van der Waals surface area contributed by atoms with Crippen molar-refractivity contribution in [3.05, 3.63) is 34.9 Å². The van der Waals surface area contributed by atoms with Crippen LogP contribution in [0.3, 0.4) is 0 Å². The van der Waals surface area contributed by atoms with Gasteiger partial charge in [-0.2, -0.15) is 0 Å². The van der Waals surface area contributed by atoms with Gasteiger partial charge in [0.15, 0.2) is 0 Å². The molecule has 0 aliphatic heterocycles. The molecule has 0 saturated heterocycles. The van der Waals surface area contributed by atoms with E-state index in [-0.39, 0.29) is 18.3 Å². The van der Waals surface area contributed by atoms with E-state index in [1.54, 1.807) is 12.1 Å². The first-order valence-electron chi connectivity index (χ1n) is 5.99. The summed E-state index contributed by atoms with van der Waals surface area (Å²) in [6, 6.07) is 7.39. The quantitative estimate of drug-likeness (QED) is 0.855. The number of hydrogen-bond acceptors (Lipinski definition) is 3. The Morgan fingerprint density at radius 3 is 2.33 bits per heavy atom. The zero-order chi connectivity index (χ0) is 13.8. The maximum absolute atomic E-state index is 11.8. The maximum atomic E-state index is 11.8. The van der Waals surface area contributed by atoms with Gasteiger partial charge in [-0.15, -0.1) is 0 Å². The van der Waals surface area contributed by atoms with Gasteiger partial charge in [-0.1, -0.05) is 23.7 Å². The predicted molar refractivity (Wildman–Crippen MR) is 73.7 cm³/mol. The van der Waals surface area contributed by atoms with Crippen molar-refractivity contribution in [3.63, 3.8) is 0 Å². The molecular weight excluding hydrogens is 250 g/mol. The fraction of sp³-hybridized carbons (Fsp3) is 0.500. The van der Waals surface area contributed by atoms with E-state index >= 15 is 0 Å². The van der Waals surface area contributed by atoms with Gasteiger partial charge in [0.25, 0.3) is 0 Å². The van der Waals surface area contributed by atoms with E-state index < -0.39 is 5.60 Å². The van der Waals surface area contributed by atoms with Gasteiger partial charge < -0.3 is 10.5 Å². The van der Waals surface area contributed by atoms with Crippen molar-refractivity contribution < 1.29 is 9.53 Å². The summed E-state index contributed by atoms with van der Waals surface area (Å²) in [6.45, 7) is 5.96. The molecule has 100 valence electrons. The van der Waals surface area contributed by atoms with Crippen molar-refractivity contribution in [2.24, 2.45) is 5.73 Å². The number of carbonyl (C=O) groups is 1. The van der Waals surface area contributed by atoms with Crippen molar-refractivity contribution in [1.29, 1.82) is 0 Å². The molecule has 0 heterocycles. The first-order chi connectivity index (χ1) is 8.31. The monoisotopic (exact) mass is 269 g/mol. The summed E-state index contributed by atoms with van der Waals surface area (Å²) in [5, 5.41) is 0.673. The van der Waals surface area contributed by atoms with Gasteiger partial charge in [0.2, 0.25) is 0 Å². The molecule has 4 heteroatoms. The number of benzene rings is 1. The number of halogens is 1. The molecule has 0 aromatic heterocycles. The maximum Gasteiger partial charge on any atom is 0.306 e. The molecule has 1 atom stereocenters. The summed E-state index contributed by atoms with van der Waals surface area (Å²) in [5.74, 6) is -0.259. The van der Waals surface area contributed by atoms with Crippen LogP contribution in [0.1, 0.15) is 38.7 Å². The highest BCUT2D eigenvalue weighted by Gasteiger charge is 2.20. The SMILES string of the molecule is CC(C)(C)OC(=O)CC(CN)c1ccc(Cl)cc1. The molecule has 2 N–H and O–H groups in total. The molecule has 0 amide bonds. The fourth-order valence-corrected chi connectivity index (χ4v) is 1.78. The minimum absolute atomic E-state index is 0.0304. The molecule has 0 aliphatic carbocycles. The molecular formula is C14H20ClNO2. The highest BCUT2D eigenvalue weighted by atomic mass is 35.5. The van der Waals surface area contributed by atoms with E-state index in [1.807, 2.05) is 32.9 Å². The molecule has 0 bridgehead atoms. The lowest BCUT2D eigenvalue weighted by atomic mass is 9.96. The predicted octanol–water partition coefficient (Wildman–Crippen LogP) is 3.11. The summed E-state index contributed by atoms with van der Waals surface area (Å²) < 4.78 is 5.29. The van der Waals surface area contributed by atoms with Crippen LogP contribution in [-0.4, -0.2) is 18.1 Å². The smallest absolute Gasteiger partial charge is 0.306 e. The summed E-state index contributed by atoms with van der Waals surface area (Å²) >= 11 is 5.83. The Labute approximate surface area is 113 Å². The Bertz CT molecular complexity index is 395. The zero-order valence-corrected chi connectivity index (χ0v) is 11.8. The highest BCUT2D eigenvalue weighted by molar-refractivity contribution is 6.30. The lowest BCUT2D eigenvalue weighted by Gasteiger charge is -2.22. The molecule has 1 aromatic carbocycles. The van der Waals surface area contributed by atoms with Gasteiger partial charge in [-0.05, 0) is 45.0 Å². The number of esters is 1. The first kappa shape index (κ1) is 15.0. The summed E-state index contributed by atoms with van der Waals surface area (Å²) in [4.78, 5) is 11.8.